The number of amides is 1. The summed E-state index contributed by atoms with van der Waals surface area (Å²) in [7, 11) is 0. The van der Waals surface area contributed by atoms with E-state index in [1.54, 1.807) is 6.07 Å². The highest BCUT2D eigenvalue weighted by Gasteiger charge is 2.25. The lowest BCUT2D eigenvalue weighted by atomic mass is 9.85. The van der Waals surface area contributed by atoms with Crippen molar-refractivity contribution in [3.05, 3.63) is 46.2 Å². The third-order valence-corrected chi connectivity index (χ3v) is 3.98. The van der Waals surface area contributed by atoms with Gasteiger partial charge in [-0.1, -0.05) is 39.0 Å². The molecule has 0 saturated carbocycles. The fourth-order valence-corrected chi connectivity index (χ4v) is 2.59. The van der Waals surface area contributed by atoms with Crippen molar-refractivity contribution >= 4 is 16.8 Å². The van der Waals surface area contributed by atoms with E-state index in [0.717, 1.165) is 10.9 Å². The Hall–Kier alpha value is -2.14. The van der Waals surface area contributed by atoms with Crippen molar-refractivity contribution in [2.45, 2.75) is 39.7 Å². The summed E-state index contributed by atoms with van der Waals surface area (Å²) in [6.45, 7) is 6.04. The molecule has 0 aliphatic carbocycles. The zero-order chi connectivity index (χ0) is 17.0. The van der Waals surface area contributed by atoms with E-state index in [0.29, 0.717) is 12.0 Å². The normalized spacial score (nSPS) is 13.0. The third kappa shape index (κ3) is 4.42. The van der Waals surface area contributed by atoms with Gasteiger partial charge in [0, 0.05) is 23.7 Å². The van der Waals surface area contributed by atoms with Gasteiger partial charge >= 0.3 is 0 Å². The molecule has 0 spiro atoms. The van der Waals surface area contributed by atoms with Crippen LogP contribution in [0.5, 0.6) is 0 Å². The van der Waals surface area contributed by atoms with Crippen LogP contribution in [0.3, 0.4) is 0 Å². The molecule has 2 aromatic rings. The summed E-state index contributed by atoms with van der Waals surface area (Å²) in [6.07, 6.45) is 0.515. The molecular weight excluding hydrogens is 292 g/mol. The van der Waals surface area contributed by atoms with Crippen LogP contribution in [0.15, 0.2) is 35.1 Å². The van der Waals surface area contributed by atoms with Gasteiger partial charge in [0.25, 0.3) is 5.56 Å². The number of hydrogen-bond acceptors (Lipinski definition) is 3. The quantitative estimate of drug-likeness (QED) is 0.789. The number of carbonyl (C=O) groups excluding carboxylic acids is 1. The largest absolute Gasteiger partial charge is 0.396 e. The standard InChI is InChI=1S/C18H24N2O3/c1-18(2,3)15(8-9-21)20-16(22)11-13-10-12-6-4-5-7-14(12)19-17(13)23/h4-7,10,15,21H,8-9,11H2,1-3H3,(H,19,23)(H,20,22). The first-order chi connectivity index (χ1) is 10.8. The highest BCUT2D eigenvalue weighted by molar-refractivity contribution is 5.82. The fourth-order valence-electron chi connectivity index (χ4n) is 2.59. The Balaban J connectivity index is 2.16. The first-order valence-electron chi connectivity index (χ1n) is 7.82. The van der Waals surface area contributed by atoms with Crippen molar-refractivity contribution in [3.8, 4) is 0 Å². The van der Waals surface area contributed by atoms with E-state index in [-0.39, 0.29) is 36.0 Å². The number of benzene rings is 1. The topological polar surface area (TPSA) is 82.2 Å². The number of fused-ring (bicyclic) bond motifs is 1. The Bertz CT molecular complexity index is 744. The Morgan fingerprint density at radius 3 is 2.65 bits per heavy atom. The van der Waals surface area contributed by atoms with E-state index in [4.69, 9.17) is 5.11 Å². The number of aliphatic hydroxyl groups is 1. The smallest absolute Gasteiger partial charge is 0.252 e. The second-order valence-electron chi connectivity index (χ2n) is 6.89. The second kappa shape index (κ2) is 6.96. The van der Waals surface area contributed by atoms with E-state index < -0.39 is 0 Å². The molecule has 1 amide bonds. The number of para-hydroxylation sites is 1. The summed E-state index contributed by atoms with van der Waals surface area (Å²) < 4.78 is 0. The van der Waals surface area contributed by atoms with Gasteiger partial charge in [-0.15, -0.1) is 0 Å². The molecule has 0 fully saturated rings. The van der Waals surface area contributed by atoms with Gasteiger partial charge in [-0.2, -0.15) is 0 Å². The molecule has 23 heavy (non-hydrogen) atoms. The lowest BCUT2D eigenvalue weighted by molar-refractivity contribution is -0.122. The molecule has 1 atom stereocenters. The highest BCUT2D eigenvalue weighted by atomic mass is 16.3. The molecule has 0 aliphatic heterocycles. The first kappa shape index (κ1) is 17.2. The summed E-state index contributed by atoms with van der Waals surface area (Å²) >= 11 is 0. The lowest BCUT2D eigenvalue weighted by Crippen LogP contribution is -2.45. The minimum absolute atomic E-state index is 0.0127. The van der Waals surface area contributed by atoms with Crippen LogP contribution in [0.4, 0.5) is 0 Å². The van der Waals surface area contributed by atoms with Crippen molar-refractivity contribution in [2.75, 3.05) is 6.61 Å². The zero-order valence-corrected chi connectivity index (χ0v) is 13.8. The molecule has 1 aromatic heterocycles. The van der Waals surface area contributed by atoms with Gasteiger partial charge < -0.3 is 15.4 Å². The Kier molecular flexibility index (Phi) is 5.21. The number of aliphatic hydroxyl groups excluding tert-OH is 1. The number of H-pyrrole nitrogens is 1. The number of hydrogen-bond donors (Lipinski definition) is 3. The van der Waals surface area contributed by atoms with Gasteiger partial charge in [-0.3, -0.25) is 9.59 Å². The number of aromatic amines is 1. The van der Waals surface area contributed by atoms with Crippen LogP contribution in [0.1, 0.15) is 32.8 Å². The fraction of sp³-hybridized carbons (Fsp3) is 0.444. The average molecular weight is 316 g/mol. The molecule has 124 valence electrons. The molecule has 1 aromatic carbocycles. The predicted octanol–water partition coefficient (Wildman–Crippen LogP) is 1.98. The summed E-state index contributed by atoms with van der Waals surface area (Å²) in [5, 5.41) is 13.0. The molecule has 3 N–H and O–H groups in total. The molecule has 0 bridgehead atoms. The van der Waals surface area contributed by atoms with E-state index in [2.05, 4.69) is 10.3 Å². The van der Waals surface area contributed by atoms with E-state index in [1.807, 2.05) is 45.0 Å². The maximum Gasteiger partial charge on any atom is 0.252 e. The molecular formula is C18H24N2O3. The predicted molar refractivity (Wildman–Crippen MR) is 91.4 cm³/mol. The van der Waals surface area contributed by atoms with Crippen molar-refractivity contribution in [1.82, 2.24) is 10.3 Å². The second-order valence-corrected chi connectivity index (χ2v) is 6.89. The molecule has 1 unspecified atom stereocenters. The molecule has 5 heteroatoms. The SMILES string of the molecule is CC(C)(C)C(CCO)NC(=O)Cc1cc2ccccc2[nH]c1=O. The monoisotopic (exact) mass is 316 g/mol. The average Bonchev–Trinajstić information content (AvgIpc) is 2.46. The number of pyridine rings is 1. The van der Waals surface area contributed by atoms with Gasteiger partial charge in [0.15, 0.2) is 0 Å². The van der Waals surface area contributed by atoms with Gasteiger partial charge in [-0.25, -0.2) is 0 Å². The first-order valence-corrected chi connectivity index (χ1v) is 7.82. The van der Waals surface area contributed by atoms with Crippen molar-refractivity contribution < 1.29 is 9.90 Å². The number of nitrogens with one attached hydrogen (secondary N) is 2. The molecule has 5 nitrogen and oxygen atoms in total. The van der Waals surface area contributed by atoms with Crippen LogP contribution in [-0.2, 0) is 11.2 Å². The maximum absolute atomic E-state index is 12.3. The van der Waals surface area contributed by atoms with Gasteiger partial charge in [0.05, 0.1) is 6.42 Å². The summed E-state index contributed by atoms with van der Waals surface area (Å²) in [4.78, 5) is 27.2. The zero-order valence-electron chi connectivity index (χ0n) is 13.8. The Morgan fingerprint density at radius 2 is 2.00 bits per heavy atom. The van der Waals surface area contributed by atoms with Crippen molar-refractivity contribution in [2.24, 2.45) is 5.41 Å². The molecule has 1 heterocycles. The van der Waals surface area contributed by atoms with Crippen LogP contribution in [-0.4, -0.2) is 28.6 Å². The van der Waals surface area contributed by atoms with Gasteiger partial charge in [0.1, 0.15) is 0 Å². The number of rotatable bonds is 5. The third-order valence-electron chi connectivity index (χ3n) is 3.98. The van der Waals surface area contributed by atoms with E-state index in [1.165, 1.54) is 0 Å². The van der Waals surface area contributed by atoms with Crippen LogP contribution < -0.4 is 10.9 Å². The van der Waals surface area contributed by atoms with Gasteiger partial charge in [0.2, 0.25) is 5.91 Å². The molecule has 2 rings (SSSR count). The Morgan fingerprint density at radius 1 is 1.30 bits per heavy atom. The number of carbonyl (C=O) groups is 1. The maximum atomic E-state index is 12.3. The summed E-state index contributed by atoms with van der Waals surface area (Å²) in [5.41, 5.74) is 0.800. The van der Waals surface area contributed by atoms with Crippen molar-refractivity contribution in [3.63, 3.8) is 0 Å². The van der Waals surface area contributed by atoms with Gasteiger partial charge in [-0.05, 0) is 29.4 Å². The van der Waals surface area contributed by atoms with Crippen LogP contribution in [0.25, 0.3) is 10.9 Å². The van der Waals surface area contributed by atoms with E-state index >= 15 is 0 Å². The molecule has 0 saturated heterocycles. The van der Waals surface area contributed by atoms with Crippen LogP contribution in [0.2, 0.25) is 0 Å². The van der Waals surface area contributed by atoms with Crippen LogP contribution in [0, 0.1) is 5.41 Å². The minimum Gasteiger partial charge on any atom is -0.396 e. The van der Waals surface area contributed by atoms with E-state index in [9.17, 15) is 9.59 Å². The summed E-state index contributed by atoms with van der Waals surface area (Å²) in [5.74, 6) is -0.209. The Labute approximate surface area is 135 Å². The lowest BCUT2D eigenvalue weighted by Gasteiger charge is -2.31. The van der Waals surface area contributed by atoms with Crippen LogP contribution >= 0.6 is 0 Å². The summed E-state index contributed by atoms with van der Waals surface area (Å²) in [6, 6.07) is 9.09. The van der Waals surface area contributed by atoms with Crippen molar-refractivity contribution in [1.29, 1.82) is 0 Å². The molecule has 0 radical (unpaired) electrons. The minimum atomic E-state index is -0.242. The highest BCUT2D eigenvalue weighted by Crippen LogP contribution is 2.21. The number of aromatic nitrogens is 1. The molecule has 0 aliphatic rings.